The summed E-state index contributed by atoms with van der Waals surface area (Å²) in [6.07, 6.45) is 1.03. The van der Waals surface area contributed by atoms with E-state index in [0.29, 0.717) is 25.8 Å². The van der Waals surface area contributed by atoms with Crippen LogP contribution in [0.5, 0.6) is 0 Å². The van der Waals surface area contributed by atoms with Crippen LogP contribution in [0.15, 0.2) is 30.3 Å². The number of nitrogens with zero attached hydrogens (tertiary/aromatic N) is 1. The Hall–Kier alpha value is -2.57. The maximum Gasteiger partial charge on any atom is 0.407 e. The van der Waals surface area contributed by atoms with Gasteiger partial charge in [0.15, 0.2) is 0 Å². The first-order chi connectivity index (χ1) is 12.7. The van der Waals surface area contributed by atoms with Gasteiger partial charge < -0.3 is 20.1 Å². The fraction of sp³-hybridized carbons (Fsp3) is 0.550. The topological polar surface area (TPSA) is 95.9 Å². The van der Waals surface area contributed by atoms with E-state index in [1.807, 2.05) is 30.3 Å². The van der Waals surface area contributed by atoms with E-state index in [1.54, 1.807) is 20.8 Å². The molecular formula is C20H28N2O5. The zero-order valence-electron chi connectivity index (χ0n) is 16.1. The van der Waals surface area contributed by atoms with Gasteiger partial charge >= 0.3 is 12.1 Å². The Bertz CT molecular complexity index is 669. The minimum atomic E-state index is -0.986. The molecule has 2 unspecified atom stereocenters. The van der Waals surface area contributed by atoms with Crippen LogP contribution in [0.2, 0.25) is 0 Å². The number of hydrogen-bond acceptors (Lipinski definition) is 4. The van der Waals surface area contributed by atoms with E-state index >= 15 is 0 Å². The van der Waals surface area contributed by atoms with Crippen molar-refractivity contribution in [3.05, 3.63) is 35.9 Å². The molecule has 27 heavy (non-hydrogen) atoms. The van der Waals surface area contributed by atoms with Gasteiger partial charge in [-0.3, -0.25) is 4.79 Å². The van der Waals surface area contributed by atoms with Gasteiger partial charge in [0, 0.05) is 19.0 Å². The molecule has 1 aliphatic heterocycles. The van der Waals surface area contributed by atoms with Crippen molar-refractivity contribution in [1.29, 1.82) is 0 Å². The molecule has 0 bridgehead atoms. The summed E-state index contributed by atoms with van der Waals surface area (Å²) in [6, 6.07) is 8.26. The fourth-order valence-corrected chi connectivity index (χ4v) is 3.20. The van der Waals surface area contributed by atoms with Crippen LogP contribution < -0.4 is 5.32 Å². The molecule has 1 aliphatic rings. The molecule has 0 aliphatic carbocycles. The lowest BCUT2D eigenvalue weighted by Crippen LogP contribution is -2.46. The van der Waals surface area contributed by atoms with Gasteiger partial charge in [-0.2, -0.15) is 0 Å². The molecule has 2 atom stereocenters. The largest absolute Gasteiger partial charge is 0.480 e. The third-order valence-corrected chi connectivity index (χ3v) is 4.33. The SMILES string of the molecule is CC(C)(C)OC(=O)NC(CC(=O)N1CCCC1C(=O)O)Cc1ccccc1. The second-order valence-electron chi connectivity index (χ2n) is 7.82. The zero-order chi connectivity index (χ0) is 20.0. The minimum absolute atomic E-state index is 0.0257. The van der Waals surface area contributed by atoms with Gasteiger partial charge in [0.2, 0.25) is 5.91 Å². The molecule has 0 radical (unpaired) electrons. The lowest BCUT2D eigenvalue weighted by molar-refractivity contribution is -0.148. The summed E-state index contributed by atoms with van der Waals surface area (Å²) in [5.74, 6) is -1.25. The third kappa shape index (κ3) is 6.58. The average Bonchev–Trinajstić information content (AvgIpc) is 3.03. The Morgan fingerprint density at radius 1 is 1.26 bits per heavy atom. The number of nitrogens with one attached hydrogen (secondary N) is 1. The number of amides is 2. The number of carbonyl (C=O) groups is 3. The highest BCUT2D eigenvalue weighted by Gasteiger charge is 2.35. The van der Waals surface area contributed by atoms with Gasteiger partial charge in [0.1, 0.15) is 11.6 Å². The highest BCUT2D eigenvalue weighted by atomic mass is 16.6. The summed E-state index contributed by atoms with van der Waals surface area (Å²) in [5, 5.41) is 12.1. The van der Waals surface area contributed by atoms with E-state index in [4.69, 9.17) is 4.74 Å². The Balaban J connectivity index is 2.07. The maximum absolute atomic E-state index is 12.7. The standard InChI is InChI=1S/C20H28N2O5/c1-20(2,3)27-19(26)21-15(12-14-8-5-4-6-9-14)13-17(23)22-11-7-10-16(22)18(24)25/h4-6,8-9,15-16H,7,10-13H2,1-3H3,(H,21,26)(H,24,25). The molecule has 148 valence electrons. The minimum Gasteiger partial charge on any atom is -0.480 e. The normalized spacial score (nSPS) is 18.0. The molecule has 1 heterocycles. The molecule has 0 aromatic heterocycles. The van der Waals surface area contributed by atoms with E-state index < -0.39 is 29.7 Å². The summed E-state index contributed by atoms with van der Waals surface area (Å²) < 4.78 is 5.30. The van der Waals surface area contributed by atoms with Gasteiger partial charge in [-0.1, -0.05) is 30.3 Å². The Morgan fingerprint density at radius 2 is 1.93 bits per heavy atom. The van der Waals surface area contributed by atoms with Gasteiger partial charge in [0.25, 0.3) is 0 Å². The number of ether oxygens (including phenoxy) is 1. The first kappa shape index (κ1) is 20.7. The lowest BCUT2D eigenvalue weighted by atomic mass is 10.0. The van der Waals surface area contributed by atoms with E-state index in [2.05, 4.69) is 5.32 Å². The summed E-state index contributed by atoms with van der Waals surface area (Å²) in [4.78, 5) is 37.6. The monoisotopic (exact) mass is 376 g/mol. The highest BCUT2D eigenvalue weighted by molar-refractivity contribution is 5.85. The zero-order valence-corrected chi connectivity index (χ0v) is 16.1. The fourth-order valence-electron chi connectivity index (χ4n) is 3.20. The Morgan fingerprint density at radius 3 is 2.52 bits per heavy atom. The Labute approximate surface area is 159 Å². The molecule has 0 saturated carbocycles. The van der Waals surface area contributed by atoms with Crippen LogP contribution in [0.3, 0.4) is 0 Å². The number of carboxylic acids is 1. The van der Waals surface area contributed by atoms with Crippen LogP contribution in [0.25, 0.3) is 0 Å². The van der Waals surface area contributed by atoms with Gasteiger partial charge in [-0.15, -0.1) is 0 Å². The van der Waals surface area contributed by atoms with Crippen LogP contribution in [0, 0.1) is 0 Å². The first-order valence-electron chi connectivity index (χ1n) is 9.21. The van der Waals surface area contributed by atoms with Crippen molar-refractivity contribution in [3.8, 4) is 0 Å². The summed E-state index contributed by atoms with van der Waals surface area (Å²) in [6.45, 7) is 5.74. The number of alkyl carbamates (subject to hydrolysis) is 1. The maximum atomic E-state index is 12.7. The lowest BCUT2D eigenvalue weighted by Gasteiger charge is -2.26. The summed E-state index contributed by atoms with van der Waals surface area (Å²) in [7, 11) is 0. The van der Waals surface area contributed by atoms with Crippen molar-refractivity contribution < 1.29 is 24.2 Å². The molecule has 2 N–H and O–H groups in total. The number of carboxylic acid groups (broad SMARTS) is 1. The number of likely N-dealkylation sites (tertiary alicyclic amines) is 1. The van der Waals surface area contributed by atoms with E-state index in [9.17, 15) is 19.5 Å². The number of aliphatic carboxylic acids is 1. The molecule has 7 heteroatoms. The molecule has 1 saturated heterocycles. The third-order valence-electron chi connectivity index (χ3n) is 4.33. The first-order valence-corrected chi connectivity index (χ1v) is 9.21. The van der Waals surface area contributed by atoms with Crippen molar-refractivity contribution in [2.75, 3.05) is 6.54 Å². The Kier molecular flexibility index (Phi) is 6.82. The molecule has 2 amide bonds. The van der Waals surface area contributed by atoms with E-state index in [0.717, 1.165) is 5.56 Å². The van der Waals surface area contributed by atoms with E-state index in [1.165, 1.54) is 4.90 Å². The van der Waals surface area contributed by atoms with Gasteiger partial charge in [-0.05, 0) is 45.6 Å². The van der Waals surface area contributed by atoms with Crippen LogP contribution in [-0.4, -0.2) is 52.2 Å². The molecule has 1 aromatic carbocycles. The van der Waals surface area contributed by atoms with Gasteiger partial charge in [0.05, 0.1) is 0 Å². The van der Waals surface area contributed by atoms with Crippen molar-refractivity contribution in [1.82, 2.24) is 10.2 Å². The van der Waals surface area contributed by atoms with Crippen molar-refractivity contribution >= 4 is 18.0 Å². The van der Waals surface area contributed by atoms with Crippen LogP contribution in [0.4, 0.5) is 4.79 Å². The van der Waals surface area contributed by atoms with E-state index in [-0.39, 0.29) is 12.3 Å². The van der Waals surface area contributed by atoms with Crippen molar-refractivity contribution in [3.63, 3.8) is 0 Å². The average molecular weight is 376 g/mol. The molecule has 1 fully saturated rings. The predicted molar refractivity (Wildman–Crippen MR) is 100 cm³/mol. The van der Waals surface area contributed by atoms with Crippen LogP contribution >= 0.6 is 0 Å². The number of benzene rings is 1. The second-order valence-corrected chi connectivity index (χ2v) is 7.82. The molecule has 0 spiro atoms. The van der Waals surface area contributed by atoms with Crippen molar-refractivity contribution in [2.45, 2.75) is 64.1 Å². The molecular weight excluding hydrogens is 348 g/mol. The highest BCUT2D eigenvalue weighted by Crippen LogP contribution is 2.20. The van der Waals surface area contributed by atoms with Crippen molar-refractivity contribution in [2.24, 2.45) is 0 Å². The molecule has 1 aromatic rings. The summed E-state index contributed by atoms with van der Waals surface area (Å²) >= 11 is 0. The number of hydrogen-bond donors (Lipinski definition) is 2. The van der Waals surface area contributed by atoms with Crippen LogP contribution in [-0.2, 0) is 20.7 Å². The second kappa shape index (κ2) is 8.88. The molecule has 2 rings (SSSR count). The quantitative estimate of drug-likeness (QED) is 0.796. The van der Waals surface area contributed by atoms with Crippen LogP contribution in [0.1, 0.15) is 45.6 Å². The van der Waals surface area contributed by atoms with Gasteiger partial charge in [-0.25, -0.2) is 9.59 Å². The predicted octanol–water partition coefficient (Wildman–Crippen LogP) is 2.59. The number of carbonyl (C=O) groups excluding carboxylic acids is 2. The molecule has 7 nitrogen and oxygen atoms in total. The summed E-state index contributed by atoms with van der Waals surface area (Å²) in [5.41, 5.74) is 0.330. The smallest absolute Gasteiger partial charge is 0.407 e. The number of rotatable bonds is 6.